The molecule has 0 aromatic heterocycles. The Bertz CT molecular complexity index is 591. The summed E-state index contributed by atoms with van der Waals surface area (Å²) in [7, 11) is 1.59. The van der Waals surface area contributed by atoms with Crippen LogP contribution < -0.4 is 9.47 Å². The number of ether oxygens (including phenoxy) is 2. The normalized spacial score (nSPS) is 9.74. The van der Waals surface area contributed by atoms with Crippen molar-refractivity contribution in [1.29, 1.82) is 5.41 Å². The third-order valence-electron chi connectivity index (χ3n) is 2.57. The van der Waals surface area contributed by atoms with Crippen LogP contribution in [0.4, 0.5) is 0 Å². The summed E-state index contributed by atoms with van der Waals surface area (Å²) in [6, 6.07) is 13.9. The number of para-hydroxylation sites is 1. The topological polar surface area (TPSA) is 59.4 Å². The van der Waals surface area contributed by atoms with E-state index in [2.05, 4.69) is 0 Å². The summed E-state index contributed by atoms with van der Waals surface area (Å²) in [4.78, 5) is 11.6. The molecule has 2 aromatic rings. The van der Waals surface area contributed by atoms with E-state index in [1.807, 2.05) is 0 Å². The zero-order valence-corrected chi connectivity index (χ0v) is 10.4. The Labute approximate surface area is 111 Å². The Kier molecular flexibility index (Phi) is 3.93. The van der Waals surface area contributed by atoms with Gasteiger partial charge in [0.05, 0.1) is 18.9 Å². The second kappa shape index (κ2) is 5.82. The molecule has 0 aliphatic rings. The Balaban J connectivity index is 2.27. The number of hydrogen-bond acceptors (Lipinski definition) is 4. The molecule has 0 radical (unpaired) electrons. The summed E-state index contributed by atoms with van der Waals surface area (Å²) in [6.45, 7) is 0. The minimum absolute atomic E-state index is 0.369. The van der Waals surface area contributed by atoms with Crippen LogP contribution in [0, 0.1) is 5.41 Å². The standard InChI is InChI=1S/C15H13NO3/c1-18-11-6-8-12(9-7-11)19-15-5-3-2-4-13(15)14(17)10-16/h2-10,16H,1H3. The van der Waals surface area contributed by atoms with Crippen LogP contribution in [0.1, 0.15) is 10.4 Å². The van der Waals surface area contributed by atoms with Crippen molar-refractivity contribution in [3.63, 3.8) is 0 Å². The number of Topliss-reactive ketones (excluding diaryl/α,β-unsaturated/α-hetero) is 1. The highest BCUT2D eigenvalue weighted by molar-refractivity contribution is 6.35. The molecule has 0 fully saturated rings. The van der Waals surface area contributed by atoms with Crippen molar-refractivity contribution >= 4 is 12.0 Å². The van der Waals surface area contributed by atoms with Crippen LogP contribution in [0.2, 0.25) is 0 Å². The van der Waals surface area contributed by atoms with E-state index < -0.39 is 0 Å². The molecule has 0 atom stereocenters. The minimum atomic E-state index is -0.385. The zero-order chi connectivity index (χ0) is 13.7. The Hall–Kier alpha value is -2.62. The zero-order valence-electron chi connectivity index (χ0n) is 10.4. The molecule has 0 saturated carbocycles. The molecule has 0 heterocycles. The predicted molar refractivity (Wildman–Crippen MR) is 72.6 cm³/mol. The molecule has 1 N–H and O–H groups in total. The number of methoxy groups -OCH3 is 1. The van der Waals surface area contributed by atoms with E-state index in [9.17, 15) is 4.79 Å². The SMILES string of the molecule is COc1ccc(Oc2ccccc2C(=O)C=N)cc1. The van der Waals surface area contributed by atoms with Gasteiger partial charge in [0, 0.05) is 0 Å². The van der Waals surface area contributed by atoms with Crippen molar-refractivity contribution in [2.45, 2.75) is 0 Å². The van der Waals surface area contributed by atoms with Gasteiger partial charge in [-0.1, -0.05) is 12.1 Å². The van der Waals surface area contributed by atoms with Gasteiger partial charge in [0.1, 0.15) is 17.2 Å². The lowest BCUT2D eigenvalue weighted by Crippen LogP contribution is -2.01. The lowest BCUT2D eigenvalue weighted by Gasteiger charge is -2.09. The fraction of sp³-hybridized carbons (Fsp3) is 0.0667. The maximum atomic E-state index is 11.6. The highest BCUT2D eigenvalue weighted by Crippen LogP contribution is 2.26. The average Bonchev–Trinajstić information content (AvgIpc) is 2.48. The first-order valence-corrected chi connectivity index (χ1v) is 5.70. The molecule has 0 aliphatic heterocycles. The van der Waals surface area contributed by atoms with Crippen molar-refractivity contribution in [2.24, 2.45) is 0 Å². The molecular formula is C15H13NO3. The van der Waals surface area contributed by atoms with Crippen molar-refractivity contribution < 1.29 is 14.3 Å². The van der Waals surface area contributed by atoms with Gasteiger partial charge in [-0.25, -0.2) is 0 Å². The molecule has 4 heteroatoms. The smallest absolute Gasteiger partial charge is 0.207 e. The first-order valence-electron chi connectivity index (χ1n) is 5.70. The molecule has 0 saturated heterocycles. The van der Waals surface area contributed by atoms with Gasteiger partial charge >= 0.3 is 0 Å². The highest BCUT2D eigenvalue weighted by Gasteiger charge is 2.10. The van der Waals surface area contributed by atoms with Gasteiger partial charge < -0.3 is 14.9 Å². The van der Waals surface area contributed by atoms with Gasteiger partial charge in [0.2, 0.25) is 5.78 Å². The van der Waals surface area contributed by atoms with Crippen LogP contribution in [0.5, 0.6) is 17.2 Å². The van der Waals surface area contributed by atoms with E-state index in [1.54, 1.807) is 55.6 Å². The van der Waals surface area contributed by atoms with Gasteiger partial charge in [0.25, 0.3) is 0 Å². The Morgan fingerprint density at radius 2 is 1.68 bits per heavy atom. The lowest BCUT2D eigenvalue weighted by molar-refractivity contribution is 0.106. The molecule has 19 heavy (non-hydrogen) atoms. The molecule has 0 aliphatic carbocycles. The molecule has 0 bridgehead atoms. The molecule has 2 rings (SSSR count). The summed E-state index contributed by atoms with van der Waals surface area (Å²) in [6.07, 6.45) is 0.774. The van der Waals surface area contributed by atoms with Gasteiger partial charge in [-0.15, -0.1) is 0 Å². The maximum absolute atomic E-state index is 11.6. The number of hydrogen-bond donors (Lipinski definition) is 1. The van der Waals surface area contributed by atoms with Crippen molar-refractivity contribution in [2.75, 3.05) is 7.11 Å². The van der Waals surface area contributed by atoms with Crippen LogP contribution in [-0.2, 0) is 0 Å². The first-order chi connectivity index (χ1) is 9.24. The summed E-state index contributed by atoms with van der Waals surface area (Å²) < 4.78 is 10.7. The fourth-order valence-corrected chi connectivity index (χ4v) is 1.61. The second-order valence-corrected chi connectivity index (χ2v) is 3.78. The second-order valence-electron chi connectivity index (χ2n) is 3.78. The number of ketones is 1. The van der Waals surface area contributed by atoms with Crippen LogP contribution >= 0.6 is 0 Å². The average molecular weight is 255 g/mol. The maximum Gasteiger partial charge on any atom is 0.207 e. The van der Waals surface area contributed by atoms with Crippen LogP contribution in [0.3, 0.4) is 0 Å². The van der Waals surface area contributed by atoms with E-state index in [4.69, 9.17) is 14.9 Å². The number of rotatable bonds is 5. The molecular weight excluding hydrogens is 242 g/mol. The Morgan fingerprint density at radius 1 is 1.05 bits per heavy atom. The molecule has 2 aromatic carbocycles. The largest absolute Gasteiger partial charge is 0.497 e. The fourth-order valence-electron chi connectivity index (χ4n) is 1.61. The number of benzene rings is 2. The van der Waals surface area contributed by atoms with Crippen molar-refractivity contribution in [1.82, 2.24) is 0 Å². The summed E-state index contributed by atoms with van der Waals surface area (Å²) >= 11 is 0. The Morgan fingerprint density at radius 3 is 2.32 bits per heavy atom. The van der Waals surface area contributed by atoms with Crippen molar-refractivity contribution in [3.8, 4) is 17.2 Å². The molecule has 4 nitrogen and oxygen atoms in total. The van der Waals surface area contributed by atoms with Crippen molar-refractivity contribution in [3.05, 3.63) is 54.1 Å². The van der Waals surface area contributed by atoms with Crippen LogP contribution in [0.25, 0.3) is 0 Å². The van der Waals surface area contributed by atoms with Gasteiger partial charge in [0.15, 0.2) is 0 Å². The van der Waals surface area contributed by atoms with E-state index in [-0.39, 0.29) is 5.78 Å². The minimum Gasteiger partial charge on any atom is -0.497 e. The van der Waals surface area contributed by atoms with Crippen LogP contribution in [-0.4, -0.2) is 19.1 Å². The van der Waals surface area contributed by atoms with E-state index in [1.165, 1.54) is 0 Å². The highest BCUT2D eigenvalue weighted by atomic mass is 16.5. The lowest BCUT2D eigenvalue weighted by atomic mass is 10.1. The first kappa shape index (κ1) is 12.8. The third kappa shape index (κ3) is 2.98. The third-order valence-corrected chi connectivity index (χ3v) is 2.57. The predicted octanol–water partition coefficient (Wildman–Crippen LogP) is 3.32. The van der Waals surface area contributed by atoms with Crippen LogP contribution in [0.15, 0.2) is 48.5 Å². The van der Waals surface area contributed by atoms with E-state index in [0.29, 0.717) is 17.1 Å². The quantitative estimate of drug-likeness (QED) is 0.658. The number of nitrogens with one attached hydrogen (secondary N) is 1. The van der Waals surface area contributed by atoms with E-state index >= 15 is 0 Å². The molecule has 0 unspecified atom stereocenters. The van der Waals surface area contributed by atoms with Gasteiger partial charge in [-0.3, -0.25) is 4.79 Å². The molecule has 0 spiro atoms. The van der Waals surface area contributed by atoms with Gasteiger partial charge in [-0.05, 0) is 36.4 Å². The monoisotopic (exact) mass is 255 g/mol. The summed E-state index contributed by atoms with van der Waals surface area (Å²) in [5.41, 5.74) is 0.369. The molecule has 0 amide bonds. The molecule has 96 valence electrons. The number of carbonyl (C=O) groups excluding carboxylic acids is 1. The van der Waals surface area contributed by atoms with E-state index in [0.717, 1.165) is 12.0 Å². The summed E-state index contributed by atoms with van der Waals surface area (Å²) in [5, 5.41) is 7.03. The van der Waals surface area contributed by atoms with Gasteiger partial charge in [-0.2, -0.15) is 0 Å². The summed E-state index contributed by atoms with van der Waals surface area (Å²) in [5.74, 6) is 1.38. The number of carbonyl (C=O) groups is 1.